The van der Waals surface area contributed by atoms with Gasteiger partial charge in [-0.1, -0.05) is 36.3 Å². The molecule has 4 nitrogen and oxygen atoms in total. The maximum atomic E-state index is 5.37. The third kappa shape index (κ3) is 4.32. The van der Waals surface area contributed by atoms with Gasteiger partial charge >= 0.3 is 0 Å². The molecule has 0 unspecified atom stereocenters. The number of rotatable bonds is 5. The Balaban J connectivity index is 1.93. The molecular weight excluding hydrogens is 238 g/mol. The van der Waals surface area contributed by atoms with Crippen LogP contribution in [0.15, 0.2) is 42.7 Å². The summed E-state index contributed by atoms with van der Waals surface area (Å²) in [6, 6.07) is 11.9. The number of nitrogens with one attached hydrogen (secondary N) is 1. The number of aromatic nitrogens is 2. The lowest BCUT2D eigenvalue weighted by Gasteiger charge is -2.06. The first-order valence-electron chi connectivity index (χ1n) is 6.01. The summed E-state index contributed by atoms with van der Waals surface area (Å²) in [5.74, 6) is 6.84. The lowest BCUT2D eigenvalue weighted by atomic mass is 10.2. The van der Waals surface area contributed by atoms with Crippen LogP contribution in [-0.4, -0.2) is 16.6 Å². The van der Waals surface area contributed by atoms with Crippen LogP contribution in [0.1, 0.15) is 12.5 Å². The fraction of sp³-hybridized carbons (Fsp3) is 0.200. The average molecular weight is 253 g/mol. The topological polar surface area (TPSA) is 47.0 Å². The molecule has 0 atom stereocenters. The Morgan fingerprint density at radius 2 is 2.05 bits per heavy atom. The maximum absolute atomic E-state index is 5.37. The zero-order valence-corrected chi connectivity index (χ0v) is 10.8. The van der Waals surface area contributed by atoms with Crippen LogP contribution in [-0.2, 0) is 6.54 Å². The van der Waals surface area contributed by atoms with Crippen LogP contribution in [0.4, 0.5) is 5.82 Å². The Hall–Kier alpha value is -2.54. The van der Waals surface area contributed by atoms with E-state index in [0.717, 1.165) is 5.82 Å². The van der Waals surface area contributed by atoms with Gasteiger partial charge in [0.25, 0.3) is 0 Å². The second-order valence-corrected chi connectivity index (χ2v) is 3.80. The Labute approximate surface area is 112 Å². The highest BCUT2D eigenvalue weighted by Crippen LogP contribution is 2.12. The summed E-state index contributed by atoms with van der Waals surface area (Å²) in [7, 11) is 0. The van der Waals surface area contributed by atoms with Crippen LogP contribution in [0.5, 0.6) is 5.88 Å². The van der Waals surface area contributed by atoms with Gasteiger partial charge in [-0.05, 0) is 12.5 Å². The molecule has 2 aromatic rings. The molecule has 0 saturated heterocycles. The first-order chi connectivity index (χ1) is 9.38. The highest BCUT2D eigenvalue weighted by Gasteiger charge is 1.99. The van der Waals surface area contributed by atoms with Crippen LogP contribution in [0, 0.1) is 11.8 Å². The van der Waals surface area contributed by atoms with Gasteiger partial charge in [0.1, 0.15) is 12.1 Å². The molecule has 19 heavy (non-hydrogen) atoms. The molecule has 0 bridgehead atoms. The van der Waals surface area contributed by atoms with E-state index in [4.69, 9.17) is 4.74 Å². The lowest BCUT2D eigenvalue weighted by Crippen LogP contribution is -2.03. The first-order valence-corrected chi connectivity index (χ1v) is 6.01. The third-order valence-electron chi connectivity index (χ3n) is 2.43. The minimum absolute atomic E-state index is 0.339. The molecule has 1 aromatic carbocycles. The van der Waals surface area contributed by atoms with Crippen LogP contribution >= 0.6 is 0 Å². The molecule has 0 saturated carbocycles. The summed E-state index contributed by atoms with van der Waals surface area (Å²) < 4.78 is 5.37. The van der Waals surface area contributed by atoms with Crippen molar-refractivity contribution in [2.75, 3.05) is 11.9 Å². The van der Waals surface area contributed by atoms with Crippen molar-refractivity contribution in [2.45, 2.75) is 13.5 Å². The SMILES string of the molecule is CC#CCOc1cc(NCc2ccccc2)ncn1. The molecule has 1 aromatic heterocycles. The quantitative estimate of drug-likeness (QED) is 0.832. The molecule has 1 N–H and O–H groups in total. The molecule has 1 heterocycles. The second-order valence-electron chi connectivity index (χ2n) is 3.80. The number of benzene rings is 1. The van der Waals surface area contributed by atoms with Gasteiger partial charge in [0.15, 0.2) is 6.61 Å². The van der Waals surface area contributed by atoms with Crippen molar-refractivity contribution in [3.63, 3.8) is 0 Å². The predicted octanol–water partition coefficient (Wildman–Crippen LogP) is 2.49. The van der Waals surface area contributed by atoms with Crippen LogP contribution in [0.25, 0.3) is 0 Å². The fourth-order valence-electron chi connectivity index (χ4n) is 1.49. The van der Waals surface area contributed by atoms with Crippen molar-refractivity contribution >= 4 is 5.82 Å². The van der Waals surface area contributed by atoms with Crippen molar-refractivity contribution in [1.82, 2.24) is 9.97 Å². The third-order valence-corrected chi connectivity index (χ3v) is 2.43. The summed E-state index contributed by atoms with van der Waals surface area (Å²) in [4.78, 5) is 8.17. The molecule has 2 rings (SSSR count). The van der Waals surface area contributed by atoms with Crippen molar-refractivity contribution in [1.29, 1.82) is 0 Å². The van der Waals surface area contributed by atoms with E-state index in [9.17, 15) is 0 Å². The zero-order valence-electron chi connectivity index (χ0n) is 10.8. The standard InChI is InChI=1S/C15H15N3O/c1-2-3-9-19-15-10-14(17-12-18-15)16-11-13-7-5-4-6-8-13/h4-8,10,12H,9,11H2,1H3,(H,16,17,18). The van der Waals surface area contributed by atoms with E-state index < -0.39 is 0 Å². The smallest absolute Gasteiger partial charge is 0.219 e. The minimum Gasteiger partial charge on any atom is -0.464 e. The van der Waals surface area contributed by atoms with Crippen molar-refractivity contribution in [3.05, 3.63) is 48.3 Å². The molecule has 96 valence electrons. The normalized spacial score (nSPS) is 9.32. The Kier molecular flexibility index (Phi) is 4.77. The molecule has 0 aliphatic carbocycles. The van der Waals surface area contributed by atoms with E-state index in [0.29, 0.717) is 19.0 Å². The van der Waals surface area contributed by atoms with Gasteiger partial charge in [0.05, 0.1) is 0 Å². The maximum Gasteiger partial charge on any atom is 0.219 e. The van der Waals surface area contributed by atoms with Crippen LogP contribution in [0.3, 0.4) is 0 Å². The van der Waals surface area contributed by atoms with E-state index >= 15 is 0 Å². The van der Waals surface area contributed by atoms with E-state index in [1.807, 2.05) is 18.2 Å². The number of hydrogen-bond acceptors (Lipinski definition) is 4. The highest BCUT2D eigenvalue weighted by atomic mass is 16.5. The van der Waals surface area contributed by atoms with Crippen molar-refractivity contribution in [2.24, 2.45) is 0 Å². The van der Waals surface area contributed by atoms with Gasteiger partial charge in [-0.15, -0.1) is 5.92 Å². The number of anilines is 1. The van der Waals surface area contributed by atoms with Crippen molar-refractivity contribution < 1.29 is 4.74 Å². The van der Waals surface area contributed by atoms with E-state index in [1.165, 1.54) is 11.9 Å². The number of hydrogen-bond donors (Lipinski definition) is 1. The second kappa shape index (κ2) is 7.02. The minimum atomic E-state index is 0.339. The Bertz CT molecular complexity index is 573. The summed E-state index contributed by atoms with van der Waals surface area (Å²) in [5.41, 5.74) is 1.19. The van der Waals surface area contributed by atoms with Crippen LogP contribution < -0.4 is 10.1 Å². The molecule has 0 amide bonds. The molecule has 0 aliphatic rings. The Morgan fingerprint density at radius 1 is 1.21 bits per heavy atom. The predicted molar refractivity (Wildman–Crippen MR) is 74.7 cm³/mol. The molecule has 0 fully saturated rings. The average Bonchev–Trinajstić information content (AvgIpc) is 2.47. The lowest BCUT2D eigenvalue weighted by molar-refractivity contribution is 0.355. The van der Waals surface area contributed by atoms with Gasteiger partial charge in [-0.3, -0.25) is 0 Å². The molecule has 0 spiro atoms. The van der Waals surface area contributed by atoms with E-state index in [2.05, 4.69) is 39.3 Å². The van der Waals surface area contributed by atoms with Gasteiger partial charge in [0, 0.05) is 12.6 Å². The molecule has 0 aliphatic heterocycles. The summed E-state index contributed by atoms with van der Waals surface area (Å²) in [5, 5.41) is 3.22. The van der Waals surface area contributed by atoms with Crippen molar-refractivity contribution in [3.8, 4) is 17.7 Å². The van der Waals surface area contributed by atoms with Gasteiger partial charge in [0.2, 0.25) is 5.88 Å². The number of nitrogens with zero attached hydrogens (tertiary/aromatic N) is 2. The van der Waals surface area contributed by atoms with Crippen LogP contribution in [0.2, 0.25) is 0 Å². The van der Waals surface area contributed by atoms with Gasteiger partial charge in [-0.2, -0.15) is 0 Å². The van der Waals surface area contributed by atoms with E-state index in [-0.39, 0.29) is 0 Å². The van der Waals surface area contributed by atoms with E-state index in [1.54, 1.807) is 13.0 Å². The number of ether oxygens (including phenoxy) is 1. The highest BCUT2D eigenvalue weighted by molar-refractivity contribution is 5.38. The first kappa shape index (κ1) is 12.9. The largest absolute Gasteiger partial charge is 0.464 e. The zero-order chi connectivity index (χ0) is 13.3. The Morgan fingerprint density at radius 3 is 2.84 bits per heavy atom. The summed E-state index contributed by atoms with van der Waals surface area (Å²) in [6.07, 6.45) is 1.47. The van der Waals surface area contributed by atoms with Gasteiger partial charge in [-0.25, -0.2) is 9.97 Å². The van der Waals surface area contributed by atoms with Gasteiger partial charge < -0.3 is 10.1 Å². The molecule has 0 radical (unpaired) electrons. The monoisotopic (exact) mass is 253 g/mol. The molecular formula is C15H15N3O. The summed E-state index contributed by atoms with van der Waals surface area (Å²) in [6.45, 7) is 2.83. The summed E-state index contributed by atoms with van der Waals surface area (Å²) >= 11 is 0. The fourth-order valence-corrected chi connectivity index (χ4v) is 1.49. The molecule has 4 heteroatoms.